The van der Waals surface area contributed by atoms with Crippen LogP contribution in [0.1, 0.15) is 24.1 Å². The van der Waals surface area contributed by atoms with Crippen LogP contribution in [0.2, 0.25) is 0 Å². The second-order valence-corrected chi connectivity index (χ2v) is 5.93. The SMILES string of the molecule is CCNC(=O)NC(=O)C(c1ccccc1)N(C)Cc1cccc(OC)c1. The summed E-state index contributed by atoms with van der Waals surface area (Å²) in [5.41, 5.74) is 1.83. The second kappa shape index (κ2) is 9.58. The molecular weight excluding hydrogens is 330 g/mol. The Morgan fingerprint density at radius 1 is 1.12 bits per heavy atom. The van der Waals surface area contributed by atoms with Crippen LogP contribution in [0.4, 0.5) is 4.79 Å². The Morgan fingerprint density at radius 3 is 2.50 bits per heavy atom. The number of benzene rings is 2. The monoisotopic (exact) mass is 355 g/mol. The van der Waals surface area contributed by atoms with Gasteiger partial charge in [-0.3, -0.25) is 15.0 Å². The minimum absolute atomic E-state index is 0.368. The first-order chi connectivity index (χ1) is 12.5. The van der Waals surface area contributed by atoms with E-state index in [-0.39, 0.29) is 5.91 Å². The number of rotatable bonds is 7. The molecular formula is C20H25N3O3. The van der Waals surface area contributed by atoms with Gasteiger partial charge < -0.3 is 10.1 Å². The van der Waals surface area contributed by atoms with Gasteiger partial charge in [0.15, 0.2) is 0 Å². The molecule has 2 N–H and O–H groups in total. The lowest BCUT2D eigenvalue weighted by Gasteiger charge is -2.27. The van der Waals surface area contributed by atoms with Crippen LogP contribution in [0.5, 0.6) is 5.75 Å². The average Bonchev–Trinajstić information content (AvgIpc) is 2.63. The fourth-order valence-electron chi connectivity index (χ4n) is 2.78. The van der Waals surface area contributed by atoms with E-state index in [9.17, 15) is 9.59 Å². The third-order valence-corrected chi connectivity index (χ3v) is 3.94. The number of imide groups is 1. The number of carbonyl (C=O) groups is 2. The Hall–Kier alpha value is -2.86. The number of hydrogen-bond donors (Lipinski definition) is 2. The third kappa shape index (κ3) is 5.32. The van der Waals surface area contributed by atoms with Gasteiger partial charge in [0.05, 0.1) is 7.11 Å². The van der Waals surface area contributed by atoms with Crippen LogP contribution in [-0.2, 0) is 11.3 Å². The van der Waals surface area contributed by atoms with E-state index in [1.165, 1.54) is 0 Å². The zero-order valence-corrected chi connectivity index (χ0v) is 15.4. The van der Waals surface area contributed by atoms with Gasteiger partial charge in [0.2, 0.25) is 5.91 Å². The van der Waals surface area contributed by atoms with E-state index in [2.05, 4.69) is 10.6 Å². The van der Waals surface area contributed by atoms with Crippen molar-refractivity contribution in [2.75, 3.05) is 20.7 Å². The Labute approximate surface area is 154 Å². The molecule has 6 nitrogen and oxygen atoms in total. The van der Waals surface area contributed by atoms with Crippen molar-refractivity contribution in [1.29, 1.82) is 0 Å². The van der Waals surface area contributed by atoms with E-state index in [1.807, 2.05) is 66.5 Å². The van der Waals surface area contributed by atoms with Gasteiger partial charge in [-0.2, -0.15) is 0 Å². The van der Waals surface area contributed by atoms with Crippen molar-refractivity contribution < 1.29 is 14.3 Å². The van der Waals surface area contributed by atoms with Crippen LogP contribution in [0.3, 0.4) is 0 Å². The summed E-state index contributed by atoms with van der Waals surface area (Å²) in [4.78, 5) is 26.4. The first-order valence-electron chi connectivity index (χ1n) is 8.52. The predicted octanol–water partition coefficient (Wildman–Crippen LogP) is 2.71. The highest BCUT2D eigenvalue weighted by Crippen LogP contribution is 2.23. The molecule has 138 valence electrons. The van der Waals surface area contributed by atoms with Crippen molar-refractivity contribution >= 4 is 11.9 Å². The first-order valence-corrected chi connectivity index (χ1v) is 8.52. The molecule has 0 aromatic heterocycles. The molecule has 26 heavy (non-hydrogen) atoms. The number of nitrogens with one attached hydrogen (secondary N) is 2. The van der Waals surface area contributed by atoms with Crippen molar-refractivity contribution in [1.82, 2.24) is 15.5 Å². The summed E-state index contributed by atoms with van der Waals surface area (Å²) in [6.07, 6.45) is 0. The fourth-order valence-corrected chi connectivity index (χ4v) is 2.78. The van der Waals surface area contributed by atoms with Gasteiger partial charge in [-0.05, 0) is 37.2 Å². The summed E-state index contributed by atoms with van der Waals surface area (Å²) < 4.78 is 5.26. The summed E-state index contributed by atoms with van der Waals surface area (Å²) in [5, 5.41) is 4.99. The summed E-state index contributed by atoms with van der Waals surface area (Å²) in [5.74, 6) is 0.395. The van der Waals surface area contributed by atoms with Crippen LogP contribution in [-0.4, -0.2) is 37.5 Å². The molecule has 0 aliphatic rings. The Morgan fingerprint density at radius 2 is 1.85 bits per heavy atom. The standard InChI is InChI=1S/C20H25N3O3/c1-4-21-20(25)22-19(24)18(16-10-6-5-7-11-16)23(2)14-15-9-8-12-17(13-15)26-3/h5-13,18H,4,14H2,1-3H3,(H2,21,22,24,25). The van der Waals surface area contributed by atoms with Crippen molar-refractivity contribution in [3.8, 4) is 5.75 Å². The molecule has 6 heteroatoms. The number of urea groups is 1. The summed E-state index contributed by atoms with van der Waals surface area (Å²) >= 11 is 0. The number of nitrogens with zero attached hydrogens (tertiary/aromatic N) is 1. The Bertz CT molecular complexity index is 734. The topological polar surface area (TPSA) is 70.7 Å². The number of amides is 3. The largest absolute Gasteiger partial charge is 0.497 e. The smallest absolute Gasteiger partial charge is 0.321 e. The normalized spacial score (nSPS) is 11.7. The van der Waals surface area contributed by atoms with Gasteiger partial charge in [0.25, 0.3) is 0 Å². The number of likely N-dealkylation sites (N-methyl/N-ethyl adjacent to an activating group) is 1. The lowest BCUT2D eigenvalue weighted by molar-refractivity contribution is -0.125. The molecule has 0 spiro atoms. The molecule has 1 atom stereocenters. The molecule has 0 bridgehead atoms. The maximum absolute atomic E-state index is 12.7. The quantitative estimate of drug-likeness (QED) is 0.801. The zero-order chi connectivity index (χ0) is 18.9. The van der Waals surface area contributed by atoms with E-state index in [0.717, 1.165) is 16.9 Å². The van der Waals surface area contributed by atoms with E-state index in [1.54, 1.807) is 14.0 Å². The van der Waals surface area contributed by atoms with Crippen LogP contribution >= 0.6 is 0 Å². The molecule has 0 heterocycles. The summed E-state index contributed by atoms with van der Waals surface area (Å²) in [7, 11) is 3.48. The maximum atomic E-state index is 12.7. The van der Waals surface area contributed by atoms with Crippen molar-refractivity contribution in [2.24, 2.45) is 0 Å². The number of ether oxygens (including phenoxy) is 1. The highest BCUT2D eigenvalue weighted by molar-refractivity contribution is 5.97. The molecule has 2 aromatic carbocycles. The average molecular weight is 355 g/mol. The summed E-state index contributed by atoms with van der Waals surface area (Å²) in [6, 6.07) is 16.0. The van der Waals surface area contributed by atoms with Crippen molar-refractivity contribution in [2.45, 2.75) is 19.5 Å². The van der Waals surface area contributed by atoms with Gasteiger partial charge in [0, 0.05) is 13.1 Å². The van der Waals surface area contributed by atoms with E-state index in [0.29, 0.717) is 13.1 Å². The molecule has 0 fully saturated rings. The molecule has 2 rings (SSSR count). The van der Waals surface area contributed by atoms with E-state index < -0.39 is 12.1 Å². The van der Waals surface area contributed by atoms with Crippen LogP contribution in [0, 0.1) is 0 Å². The van der Waals surface area contributed by atoms with Crippen LogP contribution in [0.15, 0.2) is 54.6 Å². The molecule has 0 radical (unpaired) electrons. The number of methoxy groups -OCH3 is 1. The minimum Gasteiger partial charge on any atom is -0.497 e. The third-order valence-electron chi connectivity index (χ3n) is 3.94. The molecule has 0 saturated carbocycles. The highest BCUT2D eigenvalue weighted by atomic mass is 16.5. The highest BCUT2D eigenvalue weighted by Gasteiger charge is 2.26. The van der Waals surface area contributed by atoms with E-state index >= 15 is 0 Å². The van der Waals surface area contributed by atoms with Crippen molar-refractivity contribution in [3.63, 3.8) is 0 Å². The molecule has 0 aliphatic heterocycles. The lowest BCUT2D eigenvalue weighted by atomic mass is 10.0. The molecule has 0 saturated heterocycles. The predicted molar refractivity (Wildman–Crippen MR) is 101 cm³/mol. The van der Waals surface area contributed by atoms with Gasteiger partial charge in [-0.15, -0.1) is 0 Å². The Kier molecular flexibility index (Phi) is 7.17. The minimum atomic E-state index is -0.593. The first kappa shape index (κ1) is 19.5. The lowest BCUT2D eigenvalue weighted by Crippen LogP contribution is -2.45. The fraction of sp³-hybridized carbons (Fsp3) is 0.300. The number of carbonyl (C=O) groups excluding carboxylic acids is 2. The second-order valence-electron chi connectivity index (χ2n) is 5.93. The summed E-state index contributed by atoms with van der Waals surface area (Å²) in [6.45, 7) is 2.78. The Balaban J connectivity index is 2.22. The van der Waals surface area contributed by atoms with Gasteiger partial charge >= 0.3 is 6.03 Å². The van der Waals surface area contributed by atoms with E-state index in [4.69, 9.17) is 4.74 Å². The van der Waals surface area contributed by atoms with Crippen LogP contribution < -0.4 is 15.4 Å². The van der Waals surface area contributed by atoms with Gasteiger partial charge in [-0.1, -0.05) is 42.5 Å². The molecule has 1 unspecified atom stereocenters. The van der Waals surface area contributed by atoms with Gasteiger partial charge in [0.1, 0.15) is 11.8 Å². The maximum Gasteiger partial charge on any atom is 0.321 e. The zero-order valence-electron chi connectivity index (χ0n) is 15.4. The van der Waals surface area contributed by atoms with Gasteiger partial charge in [-0.25, -0.2) is 4.79 Å². The van der Waals surface area contributed by atoms with Crippen molar-refractivity contribution in [3.05, 3.63) is 65.7 Å². The number of hydrogen-bond acceptors (Lipinski definition) is 4. The molecule has 3 amide bonds. The van der Waals surface area contributed by atoms with Crippen LogP contribution in [0.25, 0.3) is 0 Å². The molecule has 2 aromatic rings. The molecule has 0 aliphatic carbocycles.